The molecule has 94 valence electrons. The molecule has 1 aromatic carbocycles. The SMILES string of the molecule is NC(CC1CNCCO1)c1ccc(F)cc1F. The van der Waals surface area contributed by atoms with Crippen molar-refractivity contribution in [2.45, 2.75) is 18.6 Å². The van der Waals surface area contributed by atoms with Gasteiger partial charge in [-0.1, -0.05) is 6.07 Å². The molecular weight excluding hydrogens is 226 g/mol. The van der Waals surface area contributed by atoms with E-state index in [1.165, 1.54) is 12.1 Å². The summed E-state index contributed by atoms with van der Waals surface area (Å²) in [7, 11) is 0. The van der Waals surface area contributed by atoms with E-state index in [4.69, 9.17) is 10.5 Å². The molecule has 3 N–H and O–H groups in total. The number of nitrogens with two attached hydrogens (primary N) is 1. The minimum Gasteiger partial charge on any atom is -0.376 e. The van der Waals surface area contributed by atoms with Gasteiger partial charge in [-0.2, -0.15) is 0 Å². The molecule has 0 radical (unpaired) electrons. The first-order valence-electron chi connectivity index (χ1n) is 5.69. The van der Waals surface area contributed by atoms with E-state index in [9.17, 15) is 8.78 Å². The summed E-state index contributed by atoms with van der Waals surface area (Å²) in [5.41, 5.74) is 6.24. The van der Waals surface area contributed by atoms with E-state index < -0.39 is 17.7 Å². The molecule has 3 nitrogen and oxygen atoms in total. The van der Waals surface area contributed by atoms with Crippen LogP contribution in [-0.2, 0) is 4.74 Å². The molecule has 17 heavy (non-hydrogen) atoms. The molecule has 0 saturated carbocycles. The lowest BCUT2D eigenvalue weighted by Crippen LogP contribution is -2.40. The van der Waals surface area contributed by atoms with Crippen molar-refractivity contribution in [2.24, 2.45) is 5.73 Å². The molecule has 0 aliphatic carbocycles. The minimum absolute atomic E-state index is 0.0109. The fraction of sp³-hybridized carbons (Fsp3) is 0.500. The second-order valence-corrected chi connectivity index (χ2v) is 4.20. The van der Waals surface area contributed by atoms with E-state index in [-0.39, 0.29) is 6.10 Å². The van der Waals surface area contributed by atoms with Crippen molar-refractivity contribution in [1.29, 1.82) is 0 Å². The molecule has 0 amide bonds. The Morgan fingerprint density at radius 3 is 2.94 bits per heavy atom. The third-order valence-corrected chi connectivity index (χ3v) is 2.88. The van der Waals surface area contributed by atoms with Crippen LogP contribution in [0.2, 0.25) is 0 Å². The quantitative estimate of drug-likeness (QED) is 0.841. The Morgan fingerprint density at radius 1 is 1.47 bits per heavy atom. The summed E-state index contributed by atoms with van der Waals surface area (Å²) in [5, 5.41) is 3.18. The molecule has 2 unspecified atom stereocenters. The van der Waals surface area contributed by atoms with Gasteiger partial charge < -0.3 is 15.8 Å². The summed E-state index contributed by atoms with van der Waals surface area (Å²) in [6.45, 7) is 2.19. The second-order valence-electron chi connectivity index (χ2n) is 4.20. The molecule has 0 bridgehead atoms. The lowest BCUT2D eigenvalue weighted by atomic mass is 10.0. The highest BCUT2D eigenvalue weighted by Gasteiger charge is 2.20. The van der Waals surface area contributed by atoms with Gasteiger partial charge in [-0.05, 0) is 12.5 Å². The monoisotopic (exact) mass is 242 g/mol. The van der Waals surface area contributed by atoms with Gasteiger partial charge >= 0.3 is 0 Å². The number of halogens is 2. The van der Waals surface area contributed by atoms with Crippen LogP contribution in [0.4, 0.5) is 8.78 Å². The molecule has 1 saturated heterocycles. The van der Waals surface area contributed by atoms with E-state index in [0.717, 1.165) is 19.2 Å². The maximum Gasteiger partial charge on any atom is 0.130 e. The fourth-order valence-electron chi connectivity index (χ4n) is 1.98. The Hall–Kier alpha value is -1.04. The molecule has 2 atom stereocenters. The summed E-state index contributed by atoms with van der Waals surface area (Å²) in [6, 6.07) is 3.00. The van der Waals surface area contributed by atoms with Gasteiger partial charge in [0.15, 0.2) is 0 Å². The maximum atomic E-state index is 13.5. The van der Waals surface area contributed by atoms with Crippen LogP contribution >= 0.6 is 0 Å². The number of rotatable bonds is 3. The van der Waals surface area contributed by atoms with Gasteiger partial charge in [0.1, 0.15) is 11.6 Å². The number of hydrogen-bond donors (Lipinski definition) is 2. The molecule has 1 heterocycles. The number of hydrogen-bond acceptors (Lipinski definition) is 3. The molecule has 1 fully saturated rings. The predicted molar refractivity (Wildman–Crippen MR) is 60.5 cm³/mol. The highest BCUT2D eigenvalue weighted by Crippen LogP contribution is 2.21. The van der Waals surface area contributed by atoms with E-state index in [1.54, 1.807) is 0 Å². The van der Waals surface area contributed by atoms with Gasteiger partial charge in [0.25, 0.3) is 0 Å². The van der Waals surface area contributed by atoms with Crippen molar-refractivity contribution in [1.82, 2.24) is 5.32 Å². The van der Waals surface area contributed by atoms with E-state index in [2.05, 4.69) is 5.32 Å². The van der Waals surface area contributed by atoms with Crippen LogP contribution in [0.5, 0.6) is 0 Å². The second kappa shape index (κ2) is 5.53. The van der Waals surface area contributed by atoms with Gasteiger partial charge in [-0.15, -0.1) is 0 Å². The first-order valence-corrected chi connectivity index (χ1v) is 5.69. The van der Waals surface area contributed by atoms with Crippen LogP contribution in [-0.4, -0.2) is 25.8 Å². The van der Waals surface area contributed by atoms with Crippen LogP contribution in [0.25, 0.3) is 0 Å². The molecule has 0 aromatic heterocycles. The normalized spacial score (nSPS) is 22.4. The Balaban J connectivity index is 2.00. The number of morpholine rings is 1. The first kappa shape index (κ1) is 12.4. The number of ether oxygens (including phenoxy) is 1. The highest BCUT2D eigenvalue weighted by molar-refractivity contribution is 5.22. The number of benzene rings is 1. The molecule has 0 spiro atoms. The zero-order valence-electron chi connectivity index (χ0n) is 9.46. The Kier molecular flexibility index (Phi) is 4.04. The average Bonchev–Trinajstić information content (AvgIpc) is 2.30. The molecule has 1 aromatic rings. The van der Waals surface area contributed by atoms with Gasteiger partial charge in [0.2, 0.25) is 0 Å². The third-order valence-electron chi connectivity index (χ3n) is 2.88. The highest BCUT2D eigenvalue weighted by atomic mass is 19.1. The zero-order valence-corrected chi connectivity index (χ0v) is 9.46. The van der Waals surface area contributed by atoms with Crippen LogP contribution in [0.3, 0.4) is 0 Å². The van der Waals surface area contributed by atoms with Crippen molar-refractivity contribution >= 4 is 0 Å². The minimum atomic E-state index is -0.596. The summed E-state index contributed by atoms with van der Waals surface area (Å²) < 4.78 is 31.7. The largest absolute Gasteiger partial charge is 0.376 e. The predicted octanol–water partition coefficient (Wildman–Crippen LogP) is 1.34. The maximum absolute atomic E-state index is 13.5. The van der Waals surface area contributed by atoms with Crippen molar-refractivity contribution < 1.29 is 13.5 Å². The summed E-state index contributed by atoms with van der Waals surface area (Å²) in [4.78, 5) is 0. The smallest absolute Gasteiger partial charge is 0.130 e. The van der Waals surface area contributed by atoms with E-state index in [0.29, 0.717) is 18.6 Å². The Morgan fingerprint density at radius 2 is 2.29 bits per heavy atom. The summed E-state index contributed by atoms with van der Waals surface area (Å²) in [6.07, 6.45) is 0.512. The van der Waals surface area contributed by atoms with E-state index in [1.807, 2.05) is 0 Å². The average molecular weight is 242 g/mol. The molecule has 1 aliphatic rings. The Labute approximate surface area is 98.9 Å². The standard InChI is InChI=1S/C12H16F2N2O/c13-8-1-2-10(11(14)5-8)12(15)6-9-7-16-3-4-17-9/h1-2,5,9,12,16H,3-4,6-7,15H2. The van der Waals surface area contributed by atoms with Crippen LogP contribution in [0, 0.1) is 11.6 Å². The van der Waals surface area contributed by atoms with E-state index >= 15 is 0 Å². The van der Waals surface area contributed by atoms with Crippen LogP contribution in [0.1, 0.15) is 18.0 Å². The molecule has 2 rings (SSSR count). The molecular formula is C12H16F2N2O. The Bertz CT molecular complexity index is 381. The van der Waals surface area contributed by atoms with Crippen molar-refractivity contribution in [3.8, 4) is 0 Å². The third kappa shape index (κ3) is 3.21. The van der Waals surface area contributed by atoms with Crippen molar-refractivity contribution in [3.63, 3.8) is 0 Å². The molecule has 1 aliphatic heterocycles. The summed E-state index contributed by atoms with van der Waals surface area (Å²) in [5.74, 6) is -1.18. The van der Waals surface area contributed by atoms with Gasteiger partial charge in [-0.3, -0.25) is 0 Å². The lowest BCUT2D eigenvalue weighted by molar-refractivity contribution is 0.0193. The van der Waals surface area contributed by atoms with Crippen LogP contribution < -0.4 is 11.1 Å². The first-order chi connectivity index (χ1) is 8.16. The van der Waals surface area contributed by atoms with Gasteiger partial charge in [-0.25, -0.2) is 8.78 Å². The summed E-state index contributed by atoms with van der Waals surface area (Å²) >= 11 is 0. The number of nitrogens with one attached hydrogen (secondary N) is 1. The lowest BCUT2D eigenvalue weighted by Gasteiger charge is -2.26. The fourth-order valence-corrected chi connectivity index (χ4v) is 1.98. The zero-order chi connectivity index (χ0) is 12.3. The van der Waals surface area contributed by atoms with Crippen molar-refractivity contribution in [2.75, 3.05) is 19.7 Å². The van der Waals surface area contributed by atoms with Gasteiger partial charge in [0.05, 0.1) is 12.7 Å². The topological polar surface area (TPSA) is 47.3 Å². The van der Waals surface area contributed by atoms with Crippen molar-refractivity contribution in [3.05, 3.63) is 35.4 Å². The van der Waals surface area contributed by atoms with Gasteiger partial charge in [0, 0.05) is 30.8 Å². The van der Waals surface area contributed by atoms with Crippen LogP contribution in [0.15, 0.2) is 18.2 Å². The molecule has 5 heteroatoms.